The topological polar surface area (TPSA) is 55.2 Å². The van der Waals surface area contributed by atoms with Crippen molar-refractivity contribution in [3.05, 3.63) is 33.4 Å². The summed E-state index contributed by atoms with van der Waals surface area (Å²) >= 11 is 0. The van der Waals surface area contributed by atoms with Crippen molar-refractivity contribution in [1.29, 1.82) is 0 Å². The second kappa shape index (κ2) is 5.81. The van der Waals surface area contributed by atoms with Crippen LogP contribution in [0.1, 0.15) is 44.2 Å². The number of nitrogens with zero attached hydrogens (tertiary/aromatic N) is 1. The van der Waals surface area contributed by atoms with Gasteiger partial charge >= 0.3 is 0 Å². The molecule has 0 spiro atoms. The van der Waals surface area contributed by atoms with E-state index in [2.05, 4.69) is 19.2 Å². The first-order valence-electron chi connectivity index (χ1n) is 7.40. The molecule has 1 fully saturated rings. The number of benzene rings is 1. The molecule has 1 aliphatic rings. The molecule has 1 N–H and O–H groups in total. The summed E-state index contributed by atoms with van der Waals surface area (Å²) in [7, 11) is 0. The van der Waals surface area contributed by atoms with Gasteiger partial charge in [0.2, 0.25) is 0 Å². The Morgan fingerprint density at radius 3 is 2.45 bits per heavy atom. The Bertz CT molecular complexity index is 513. The highest BCUT2D eigenvalue weighted by Crippen LogP contribution is 2.33. The summed E-state index contributed by atoms with van der Waals surface area (Å²) in [4.78, 5) is 10.6. The van der Waals surface area contributed by atoms with Gasteiger partial charge in [-0.3, -0.25) is 10.1 Å². The van der Waals surface area contributed by atoms with Crippen molar-refractivity contribution in [2.75, 3.05) is 5.32 Å². The maximum Gasteiger partial charge on any atom is 0.272 e. The third kappa shape index (κ3) is 3.11. The lowest BCUT2D eigenvalue weighted by atomic mass is 9.79. The standard InChI is InChI=1S/C16H24N2O2/c1-10-5-6-14(7-11(10)2)17-15-8-13(4)16(18(19)20)9-12(15)3/h8-11,14,17H,5-7H2,1-4H3. The van der Waals surface area contributed by atoms with Crippen LogP contribution in [-0.2, 0) is 0 Å². The van der Waals surface area contributed by atoms with Crippen LogP contribution in [-0.4, -0.2) is 11.0 Å². The van der Waals surface area contributed by atoms with Crippen molar-refractivity contribution < 1.29 is 4.92 Å². The van der Waals surface area contributed by atoms with E-state index in [4.69, 9.17) is 0 Å². The van der Waals surface area contributed by atoms with Crippen molar-refractivity contribution in [3.63, 3.8) is 0 Å². The summed E-state index contributed by atoms with van der Waals surface area (Å²) in [5, 5.41) is 14.5. The van der Waals surface area contributed by atoms with E-state index in [1.165, 1.54) is 19.3 Å². The van der Waals surface area contributed by atoms with Crippen LogP contribution in [0.3, 0.4) is 0 Å². The lowest BCUT2D eigenvalue weighted by Gasteiger charge is -2.33. The van der Waals surface area contributed by atoms with Crippen molar-refractivity contribution in [3.8, 4) is 0 Å². The van der Waals surface area contributed by atoms with Gasteiger partial charge in [-0.1, -0.05) is 13.8 Å². The fourth-order valence-electron chi connectivity index (χ4n) is 3.05. The Morgan fingerprint density at radius 2 is 1.85 bits per heavy atom. The highest BCUT2D eigenvalue weighted by molar-refractivity contribution is 5.59. The molecule has 0 radical (unpaired) electrons. The first kappa shape index (κ1) is 14.8. The molecule has 0 aromatic heterocycles. The molecule has 1 aliphatic carbocycles. The molecule has 3 unspecified atom stereocenters. The number of nitrogens with one attached hydrogen (secondary N) is 1. The van der Waals surface area contributed by atoms with Gasteiger partial charge in [0.1, 0.15) is 0 Å². The predicted molar refractivity (Wildman–Crippen MR) is 82.2 cm³/mol. The molecular formula is C16H24N2O2. The monoisotopic (exact) mass is 276 g/mol. The largest absolute Gasteiger partial charge is 0.382 e. The maximum atomic E-state index is 10.9. The van der Waals surface area contributed by atoms with Crippen molar-refractivity contribution in [2.24, 2.45) is 11.8 Å². The number of nitro groups is 1. The highest BCUT2D eigenvalue weighted by atomic mass is 16.6. The number of rotatable bonds is 3. The number of anilines is 1. The van der Waals surface area contributed by atoms with E-state index in [9.17, 15) is 10.1 Å². The number of nitro benzene ring substituents is 1. The summed E-state index contributed by atoms with van der Waals surface area (Å²) in [6.07, 6.45) is 3.61. The molecule has 0 heterocycles. The molecule has 4 heteroatoms. The summed E-state index contributed by atoms with van der Waals surface area (Å²) in [5.74, 6) is 1.54. The lowest BCUT2D eigenvalue weighted by molar-refractivity contribution is -0.385. The number of hydrogen-bond donors (Lipinski definition) is 1. The molecule has 0 bridgehead atoms. The Labute approximate surface area is 120 Å². The van der Waals surface area contributed by atoms with Gasteiger partial charge in [0.05, 0.1) is 4.92 Å². The quantitative estimate of drug-likeness (QED) is 0.655. The normalized spacial score (nSPS) is 26.3. The molecule has 1 aromatic carbocycles. The molecule has 0 aliphatic heterocycles. The van der Waals surface area contributed by atoms with Gasteiger partial charge in [0.25, 0.3) is 5.69 Å². The Kier molecular flexibility index (Phi) is 4.31. The van der Waals surface area contributed by atoms with Crippen LogP contribution in [0.5, 0.6) is 0 Å². The van der Waals surface area contributed by atoms with Crippen LogP contribution in [0.15, 0.2) is 12.1 Å². The fraction of sp³-hybridized carbons (Fsp3) is 0.625. The van der Waals surface area contributed by atoms with Crippen LogP contribution in [0, 0.1) is 35.8 Å². The van der Waals surface area contributed by atoms with Gasteiger partial charge in [-0.2, -0.15) is 0 Å². The zero-order chi connectivity index (χ0) is 14.9. The molecule has 3 atom stereocenters. The summed E-state index contributed by atoms with van der Waals surface area (Å²) in [5.41, 5.74) is 2.92. The molecule has 1 saturated carbocycles. The first-order chi connectivity index (χ1) is 9.38. The molecule has 110 valence electrons. The molecule has 2 rings (SSSR count). The van der Waals surface area contributed by atoms with Crippen LogP contribution >= 0.6 is 0 Å². The lowest BCUT2D eigenvalue weighted by Crippen LogP contribution is -2.30. The van der Waals surface area contributed by atoms with Crippen molar-refractivity contribution in [2.45, 2.75) is 53.0 Å². The minimum absolute atomic E-state index is 0.207. The van der Waals surface area contributed by atoms with Crippen molar-refractivity contribution >= 4 is 11.4 Å². The number of hydrogen-bond acceptors (Lipinski definition) is 3. The predicted octanol–water partition coefficient (Wildman–Crippen LogP) is 4.45. The van der Waals surface area contributed by atoms with Crippen LogP contribution in [0.25, 0.3) is 0 Å². The molecule has 0 saturated heterocycles. The fourth-order valence-corrected chi connectivity index (χ4v) is 3.05. The zero-order valence-corrected chi connectivity index (χ0v) is 12.8. The number of aryl methyl sites for hydroxylation is 2. The van der Waals surface area contributed by atoms with E-state index in [0.717, 1.165) is 28.7 Å². The van der Waals surface area contributed by atoms with E-state index in [-0.39, 0.29) is 10.6 Å². The average molecular weight is 276 g/mol. The van der Waals surface area contributed by atoms with Crippen molar-refractivity contribution in [1.82, 2.24) is 0 Å². The summed E-state index contributed by atoms with van der Waals surface area (Å²) in [6.45, 7) is 8.37. The van der Waals surface area contributed by atoms with Gasteiger partial charge in [0, 0.05) is 23.4 Å². The Morgan fingerprint density at radius 1 is 1.15 bits per heavy atom. The Hall–Kier alpha value is -1.58. The van der Waals surface area contributed by atoms with E-state index >= 15 is 0 Å². The Balaban J connectivity index is 2.14. The SMILES string of the molecule is Cc1cc([N+](=O)[O-])c(C)cc1NC1CCC(C)C(C)C1. The maximum absolute atomic E-state index is 10.9. The third-order valence-corrected chi connectivity index (χ3v) is 4.70. The van der Waals surface area contributed by atoms with Crippen LogP contribution in [0.2, 0.25) is 0 Å². The van der Waals surface area contributed by atoms with E-state index in [1.54, 1.807) is 13.0 Å². The first-order valence-corrected chi connectivity index (χ1v) is 7.40. The average Bonchev–Trinajstić information content (AvgIpc) is 2.37. The van der Waals surface area contributed by atoms with E-state index in [0.29, 0.717) is 6.04 Å². The summed E-state index contributed by atoms with van der Waals surface area (Å²) < 4.78 is 0. The van der Waals surface area contributed by atoms with E-state index < -0.39 is 0 Å². The third-order valence-electron chi connectivity index (χ3n) is 4.70. The second-order valence-corrected chi connectivity index (χ2v) is 6.32. The summed E-state index contributed by atoms with van der Waals surface area (Å²) in [6, 6.07) is 4.07. The van der Waals surface area contributed by atoms with Gasteiger partial charge in [0.15, 0.2) is 0 Å². The smallest absolute Gasteiger partial charge is 0.272 e. The molecule has 20 heavy (non-hydrogen) atoms. The van der Waals surface area contributed by atoms with Gasteiger partial charge in [-0.05, 0) is 56.6 Å². The van der Waals surface area contributed by atoms with Gasteiger partial charge < -0.3 is 5.32 Å². The highest BCUT2D eigenvalue weighted by Gasteiger charge is 2.25. The van der Waals surface area contributed by atoms with Crippen LogP contribution < -0.4 is 5.32 Å². The molecule has 1 aromatic rings. The zero-order valence-electron chi connectivity index (χ0n) is 12.8. The minimum Gasteiger partial charge on any atom is -0.382 e. The van der Waals surface area contributed by atoms with E-state index in [1.807, 2.05) is 13.0 Å². The van der Waals surface area contributed by atoms with Crippen LogP contribution in [0.4, 0.5) is 11.4 Å². The van der Waals surface area contributed by atoms with Gasteiger partial charge in [-0.25, -0.2) is 0 Å². The second-order valence-electron chi connectivity index (χ2n) is 6.32. The molecule has 0 amide bonds. The molecular weight excluding hydrogens is 252 g/mol. The van der Waals surface area contributed by atoms with Gasteiger partial charge in [-0.15, -0.1) is 0 Å². The molecule has 4 nitrogen and oxygen atoms in total. The minimum atomic E-state index is -0.309.